The van der Waals surface area contributed by atoms with Crippen molar-refractivity contribution in [1.29, 1.82) is 0 Å². The van der Waals surface area contributed by atoms with Gasteiger partial charge in [-0.05, 0) is 31.7 Å². The third kappa shape index (κ3) is 4.94. The molecule has 3 N–H and O–H groups in total. The van der Waals surface area contributed by atoms with Gasteiger partial charge in [-0.15, -0.1) is 0 Å². The van der Waals surface area contributed by atoms with Crippen LogP contribution in [0.2, 0.25) is 0 Å². The SMILES string of the molecule is CC(C)CC(O)CNC(=O)[C@@H]1CCCNC1. The standard InChI is InChI=1S/C12H24N2O2/c1-9(2)6-11(15)8-14-12(16)10-4-3-5-13-7-10/h9-11,13,15H,3-8H2,1-2H3,(H,14,16)/t10-,11?/m1/s1. The van der Waals surface area contributed by atoms with Gasteiger partial charge in [0, 0.05) is 13.1 Å². The van der Waals surface area contributed by atoms with Crippen molar-refractivity contribution in [1.82, 2.24) is 10.6 Å². The predicted molar refractivity (Wildman–Crippen MR) is 64.1 cm³/mol. The van der Waals surface area contributed by atoms with E-state index < -0.39 is 6.10 Å². The lowest BCUT2D eigenvalue weighted by molar-refractivity contribution is -0.126. The van der Waals surface area contributed by atoms with Gasteiger partial charge >= 0.3 is 0 Å². The second-order valence-electron chi connectivity index (χ2n) is 5.07. The summed E-state index contributed by atoms with van der Waals surface area (Å²) in [6.45, 7) is 6.30. The lowest BCUT2D eigenvalue weighted by Crippen LogP contribution is -2.42. The van der Waals surface area contributed by atoms with Crippen molar-refractivity contribution in [3.05, 3.63) is 0 Å². The first kappa shape index (κ1) is 13.5. The first-order valence-electron chi connectivity index (χ1n) is 6.26. The molecule has 0 saturated carbocycles. The molecule has 1 rings (SSSR count). The molecular weight excluding hydrogens is 204 g/mol. The Morgan fingerprint density at radius 2 is 2.31 bits per heavy atom. The number of hydrogen-bond acceptors (Lipinski definition) is 3. The van der Waals surface area contributed by atoms with E-state index in [0.29, 0.717) is 12.5 Å². The molecular formula is C12H24N2O2. The largest absolute Gasteiger partial charge is 0.391 e. The summed E-state index contributed by atoms with van der Waals surface area (Å²) in [6, 6.07) is 0. The average molecular weight is 228 g/mol. The Bertz CT molecular complexity index is 213. The van der Waals surface area contributed by atoms with Gasteiger partial charge in [0.15, 0.2) is 0 Å². The summed E-state index contributed by atoms with van der Waals surface area (Å²) in [6.07, 6.45) is 2.34. The van der Waals surface area contributed by atoms with E-state index in [0.717, 1.165) is 32.4 Å². The van der Waals surface area contributed by atoms with Crippen LogP contribution in [0.5, 0.6) is 0 Å². The van der Waals surface area contributed by atoms with Crippen LogP contribution in [-0.2, 0) is 4.79 Å². The second kappa shape index (κ2) is 6.86. The average Bonchev–Trinajstić information content (AvgIpc) is 2.26. The van der Waals surface area contributed by atoms with Gasteiger partial charge in [0.05, 0.1) is 12.0 Å². The van der Waals surface area contributed by atoms with Crippen LogP contribution in [-0.4, -0.2) is 36.8 Å². The van der Waals surface area contributed by atoms with E-state index >= 15 is 0 Å². The molecule has 1 aliphatic heterocycles. The molecule has 4 heteroatoms. The highest BCUT2D eigenvalue weighted by Crippen LogP contribution is 2.10. The second-order valence-corrected chi connectivity index (χ2v) is 5.07. The highest BCUT2D eigenvalue weighted by atomic mass is 16.3. The molecule has 4 nitrogen and oxygen atoms in total. The Morgan fingerprint density at radius 3 is 2.88 bits per heavy atom. The maximum absolute atomic E-state index is 11.7. The highest BCUT2D eigenvalue weighted by molar-refractivity contribution is 5.78. The molecule has 1 aliphatic rings. The molecule has 0 aromatic carbocycles. The summed E-state index contributed by atoms with van der Waals surface area (Å²) in [7, 11) is 0. The van der Waals surface area contributed by atoms with Crippen LogP contribution in [0.3, 0.4) is 0 Å². The summed E-state index contributed by atoms with van der Waals surface area (Å²) >= 11 is 0. The molecule has 0 spiro atoms. The van der Waals surface area contributed by atoms with Gasteiger partial charge in [-0.3, -0.25) is 4.79 Å². The van der Waals surface area contributed by atoms with Gasteiger partial charge in [-0.25, -0.2) is 0 Å². The number of rotatable bonds is 5. The third-order valence-electron chi connectivity index (χ3n) is 2.92. The zero-order valence-corrected chi connectivity index (χ0v) is 10.3. The van der Waals surface area contributed by atoms with Crippen molar-refractivity contribution in [2.75, 3.05) is 19.6 Å². The normalized spacial score (nSPS) is 23.1. The number of carbonyl (C=O) groups is 1. The van der Waals surface area contributed by atoms with Gasteiger partial charge in [0.1, 0.15) is 0 Å². The molecule has 0 aliphatic carbocycles. The fourth-order valence-corrected chi connectivity index (χ4v) is 2.07. The lowest BCUT2D eigenvalue weighted by Gasteiger charge is -2.22. The Kier molecular flexibility index (Phi) is 5.77. The van der Waals surface area contributed by atoms with E-state index in [4.69, 9.17) is 0 Å². The van der Waals surface area contributed by atoms with E-state index in [9.17, 15) is 9.90 Å². The van der Waals surface area contributed by atoms with Crippen molar-refractivity contribution in [2.24, 2.45) is 11.8 Å². The predicted octanol–water partition coefficient (Wildman–Crippen LogP) is 0.509. The summed E-state index contributed by atoms with van der Waals surface area (Å²) in [5.41, 5.74) is 0. The number of piperidine rings is 1. The van der Waals surface area contributed by atoms with Crippen LogP contribution in [0.4, 0.5) is 0 Å². The number of aliphatic hydroxyl groups excluding tert-OH is 1. The van der Waals surface area contributed by atoms with E-state index in [2.05, 4.69) is 24.5 Å². The molecule has 0 bridgehead atoms. The number of nitrogens with one attached hydrogen (secondary N) is 2. The monoisotopic (exact) mass is 228 g/mol. The zero-order valence-electron chi connectivity index (χ0n) is 10.3. The summed E-state index contributed by atoms with van der Waals surface area (Å²) in [5.74, 6) is 0.623. The molecule has 1 unspecified atom stereocenters. The van der Waals surface area contributed by atoms with Crippen molar-refractivity contribution in [3.8, 4) is 0 Å². The Morgan fingerprint density at radius 1 is 1.56 bits per heavy atom. The zero-order chi connectivity index (χ0) is 12.0. The lowest BCUT2D eigenvalue weighted by atomic mass is 9.98. The highest BCUT2D eigenvalue weighted by Gasteiger charge is 2.21. The number of carbonyl (C=O) groups excluding carboxylic acids is 1. The summed E-state index contributed by atoms with van der Waals surface area (Å²) < 4.78 is 0. The van der Waals surface area contributed by atoms with E-state index in [1.54, 1.807) is 0 Å². The van der Waals surface area contributed by atoms with Crippen LogP contribution < -0.4 is 10.6 Å². The maximum atomic E-state index is 11.7. The maximum Gasteiger partial charge on any atom is 0.224 e. The van der Waals surface area contributed by atoms with Crippen molar-refractivity contribution in [3.63, 3.8) is 0 Å². The Balaban J connectivity index is 2.18. The van der Waals surface area contributed by atoms with Gasteiger partial charge in [-0.1, -0.05) is 13.8 Å². The van der Waals surface area contributed by atoms with Gasteiger partial charge in [-0.2, -0.15) is 0 Å². The molecule has 0 aromatic heterocycles. The minimum atomic E-state index is -0.416. The first-order chi connectivity index (χ1) is 7.59. The van der Waals surface area contributed by atoms with Crippen molar-refractivity contribution in [2.45, 2.75) is 39.2 Å². The van der Waals surface area contributed by atoms with Crippen molar-refractivity contribution < 1.29 is 9.90 Å². The summed E-state index contributed by atoms with van der Waals surface area (Å²) in [4.78, 5) is 11.7. The van der Waals surface area contributed by atoms with Crippen LogP contribution >= 0.6 is 0 Å². The fraction of sp³-hybridized carbons (Fsp3) is 0.917. The smallest absolute Gasteiger partial charge is 0.224 e. The van der Waals surface area contributed by atoms with Crippen LogP contribution in [0.1, 0.15) is 33.1 Å². The molecule has 1 saturated heterocycles. The Hall–Kier alpha value is -0.610. The topological polar surface area (TPSA) is 61.4 Å². The number of hydrogen-bond donors (Lipinski definition) is 3. The van der Waals surface area contributed by atoms with Gasteiger partial charge < -0.3 is 15.7 Å². The number of amides is 1. The molecule has 2 atom stereocenters. The number of aliphatic hydroxyl groups is 1. The van der Waals surface area contributed by atoms with Gasteiger partial charge in [0.25, 0.3) is 0 Å². The molecule has 16 heavy (non-hydrogen) atoms. The molecule has 1 fully saturated rings. The summed E-state index contributed by atoms with van der Waals surface area (Å²) in [5, 5.41) is 15.7. The van der Waals surface area contributed by atoms with Crippen LogP contribution in [0.15, 0.2) is 0 Å². The third-order valence-corrected chi connectivity index (χ3v) is 2.92. The first-order valence-corrected chi connectivity index (χ1v) is 6.26. The molecule has 1 amide bonds. The minimum absolute atomic E-state index is 0.0787. The van der Waals surface area contributed by atoms with Gasteiger partial charge in [0.2, 0.25) is 5.91 Å². The van der Waals surface area contributed by atoms with Crippen molar-refractivity contribution >= 4 is 5.91 Å². The quantitative estimate of drug-likeness (QED) is 0.642. The molecule has 94 valence electrons. The van der Waals surface area contributed by atoms with E-state index in [-0.39, 0.29) is 11.8 Å². The van der Waals surface area contributed by atoms with E-state index in [1.165, 1.54) is 0 Å². The fourth-order valence-electron chi connectivity index (χ4n) is 2.07. The van der Waals surface area contributed by atoms with Crippen LogP contribution in [0.25, 0.3) is 0 Å². The Labute approximate surface area is 97.8 Å². The molecule has 0 radical (unpaired) electrons. The molecule has 1 heterocycles. The van der Waals surface area contributed by atoms with Crippen LogP contribution in [0, 0.1) is 11.8 Å². The minimum Gasteiger partial charge on any atom is -0.391 e. The van der Waals surface area contributed by atoms with E-state index in [1.807, 2.05) is 0 Å². The molecule has 0 aromatic rings.